The van der Waals surface area contributed by atoms with E-state index < -0.39 is 0 Å². The van der Waals surface area contributed by atoms with Crippen LogP contribution < -0.4 is 4.90 Å². The van der Waals surface area contributed by atoms with Crippen LogP contribution in [0.25, 0.3) is 0 Å². The molecule has 0 atom stereocenters. The van der Waals surface area contributed by atoms with Crippen molar-refractivity contribution in [2.45, 2.75) is 24.4 Å². The molecule has 0 unspecified atom stereocenters. The first-order valence-electron chi connectivity index (χ1n) is 12.0. The maximum atomic E-state index is 14.2. The summed E-state index contributed by atoms with van der Waals surface area (Å²) in [7, 11) is 0. The first-order valence-corrected chi connectivity index (χ1v) is 13.0. The van der Waals surface area contributed by atoms with Crippen LogP contribution in [0.1, 0.15) is 27.3 Å². The summed E-state index contributed by atoms with van der Waals surface area (Å²) < 4.78 is 16.3. The van der Waals surface area contributed by atoms with Crippen LogP contribution in [0.3, 0.4) is 0 Å². The Morgan fingerprint density at radius 3 is 2.36 bits per heavy atom. The summed E-state index contributed by atoms with van der Waals surface area (Å²) in [4.78, 5) is 17.3. The molecule has 36 heavy (non-hydrogen) atoms. The molecule has 1 aliphatic rings. The second-order valence-corrected chi connectivity index (χ2v) is 9.72. The molecular weight excluding hydrogens is 473 g/mol. The number of anilines is 1. The Hall–Kier alpha value is -3.65. The van der Waals surface area contributed by atoms with Gasteiger partial charge in [-0.25, -0.2) is 4.39 Å². The summed E-state index contributed by atoms with van der Waals surface area (Å²) in [6, 6.07) is 24.8. The molecule has 1 saturated heterocycles. The average Bonchev–Trinajstić information content (AvgIpc) is 3.27. The van der Waals surface area contributed by atoms with Crippen molar-refractivity contribution in [1.82, 2.24) is 19.7 Å². The van der Waals surface area contributed by atoms with Gasteiger partial charge in [-0.3, -0.25) is 4.79 Å². The third-order valence-electron chi connectivity index (χ3n) is 6.45. The number of halogens is 1. The SMILES string of the molecule is Cc1nnc(SCc2ccccc2C(=O)N2CCN(c3ccccc3F)CC2)n1Cc1ccccc1. The maximum absolute atomic E-state index is 14.2. The highest BCUT2D eigenvalue weighted by molar-refractivity contribution is 7.98. The van der Waals surface area contributed by atoms with E-state index in [2.05, 4.69) is 26.9 Å². The fraction of sp³-hybridized carbons (Fsp3) is 0.250. The summed E-state index contributed by atoms with van der Waals surface area (Å²) >= 11 is 1.59. The molecule has 8 heteroatoms. The molecule has 5 rings (SSSR count). The zero-order valence-electron chi connectivity index (χ0n) is 20.2. The summed E-state index contributed by atoms with van der Waals surface area (Å²) in [5.74, 6) is 1.26. The molecular formula is C28H28FN5OS. The number of carbonyl (C=O) groups is 1. The smallest absolute Gasteiger partial charge is 0.254 e. The molecule has 1 aromatic heterocycles. The number of amides is 1. The number of hydrogen-bond acceptors (Lipinski definition) is 5. The number of aryl methyl sites for hydroxylation is 1. The summed E-state index contributed by atoms with van der Waals surface area (Å²) in [5.41, 5.74) is 3.45. The predicted octanol–water partition coefficient (Wildman–Crippen LogP) is 5.03. The van der Waals surface area contributed by atoms with Crippen LogP contribution in [0.15, 0.2) is 84.0 Å². The van der Waals surface area contributed by atoms with Crippen LogP contribution in [0.4, 0.5) is 10.1 Å². The lowest BCUT2D eigenvalue weighted by Crippen LogP contribution is -2.49. The predicted molar refractivity (Wildman–Crippen MR) is 141 cm³/mol. The van der Waals surface area contributed by atoms with Gasteiger partial charge in [0, 0.05) is 37.5 Å². The van der Waals surface area contributed by atoms with Crippen LogP contribution in [0, 0.1) is 12.7 Å². The highest BCUT2D eigenvalue weighted by Crippen LogP contribution is 2.26. The average molecular weight is 502 g/mol. The molecule has 0 bridgehead atoms. The second-order valence-electron chi connectivity index (χ2n) is 8.78. The van der Waals surface area contributed by atoms with E-state index in [-0.39, 0.29) is 11.7 Å². The van der Waals surface area contributed by atoms with E-state index in [9.17, 15) is 9.18 Å². The Morgan fingerprint density at radius 2 is 1.58 bits per heavy atom. The number of hydrogen-bond donors (Lipinski definition) is 0. The maximum Gasteiger partial charge on any atom is 0.254 e. The molecule has 0 spiro atoms. The van der Waals surface area contributed by atoms with Gasteiger partial charge < -0.3 is 14.4 Å². The van der Waals surface area contributed by atoms with Crippen LogP contribution in [-0.2, 0) is 12.3 Å². The lowest BCUT2D eigenvalue weighted by Gasteiger charge is -2.36. The highest BCUT2D eigenvalue weighted by atomic mass is 32.2. The van der Waals surface area contributed by atoms with E-state index >= 15 is 0 Å². The van der Waals surface area contributed by atoms with Crippen molar-refractivity contribution in [3.63, 3.8) is 0 Å². The minimum Gasteiger partial charge on any atom is -0.366 e. The summed E-state index contributed by atoms with van der Waals surface area (Å²) in [6.07, 6.45) is 0. The van der Waals surface area contributed by atoms with E-state index in [1.807, 2.05) is 65.3 Å². The van der Waals surface area contributed by atoms with Crippen molar-refractivity contribution in [3.05, 3.63) is 107 Å². The Kier molecular flexibility index (Phi) is 7.32. The molecule has 1 aliphatic heterocycles. The topological polar surface area (TPSA) is 54.3 Å². The number of piperazine rings is 1. The molecule has 1 amide bonds. The zero-order valence-corrected chi connectivity index (χ0v) is 21.0. The number of carbonyl (C=O) groups excluding carboxylic acids is 1. The molecule has 184 valence electrons. The number of nitrogens with zero attached hydrogens (tertiary/aromatic N) is 5. The third kappa shape index (κ3) is 5.28. The number of thioether (sulfide) groups is 1. The van der Waals surface area contributed by atoms with Crippen LogP contribution in [0.5, 0.6) is 0 Å². The van der Waals surface area contributed by atoms with E-state index in [0.29, 0.717) is 49.7 Å². The van der Waals surface area contributed by atoms with E-state index in [1.54, 1.807) is 23.9 Å². The zero-order chi connectivity index (χ0) is 24.9. The van der Waals surface area contributed by atoms with Crippen molar-refractivity contribution >= 4 is 23.4 Å². The lowest BCUT2D eigenvalue weighted by molar-refractivity contribution is 0.0746. The summed E-state index contributed by atoms with van der Waals surface area (Å²) in [5, 5.41) is 9.49. The van der Waals surface area contributed by atoms with E-state index in [4.69, 9.17) is 0 Å². The molecule has 6 nitrogen and oxygen atoms in total. The Morgan fingerprint density at radius 1 is 0.889 bits per heavy atom. The standard InChI is InChI=1S/C28H28FN5OS/c1-21-30-31-28(34(21)19-22-9-3-2-4-10-22)36-20-23-11-5-6-12-24(23)27(35)33-17-15-32(16-18-33)26-14-8-7-13-25(26)29/h2-14H,15-20H2,1H3. The van der Waals surface area contributed by atoms with Gasteiger partial charge in [0.2, 0.25) is 0 Å². The highest BCUT2D eigenvalue weighted by Gasteiger charge is 2.25. The number of aromatic nitrogens is 3. The van der Waals surface area contributed by atoms with E-state index in [1.165, 1.54) is 11.6 Å². The van der Waals surface area contributed by atoms with Gasteiger partial charge in [-0.05, 0) is 36.2 Å². The van der Waals surface area contributed by atoms with Crippen molar-refractivity contribution in [3.8, 4) is 0 Å². The molecule has 2 heterocycles. The largest absolute Gasteiger partial charge is 0.366 e. The fourth-order valence-electron chi connectivity index (χ4n) is 4.44. The molecule has 0 aliphatic carbocycles. The van der Waals surface area contributed by atoms with Crippen LogP contribution >= 0.6 is 11.8 Å². The molecule has 0 N–H and O–H groups in total. The van der Waals surface area contributed by atoms with Crippen molar-refractivity contribution in [2.75, 3.05) is 31.1 Å². The third-order valence-corrected chi connectivity index (χ3v) is 7.47. The normalized spacial score (nSPS) is 13.7. The first-order chi connectivity index (χ1) is 17.6. The first kappa shape index (κ1) is 24.1. The van der Waals surface area contributed by atoms with Gasteiger partial charge >= 0.3 is 0 Å². The van der Waals surface area contributed by atoms with Crippen molar-refractivity contribution in [1.29, 1.82) is 0 Å². The van der Waals surface area contributed by atoms with Crippen LogP contribution in [0.2, 0.25) is 0 Å². The van der Waals surface area contributed by atoms with Gasteiger partial charge in [0.15, 0.2) is 5.16 Å². The Balaban J connectivity index is 1.26. The molecule has 0 saturated carbocycles. The van der Waals surface area contributed by atoms with Gasteiger partial charge in [-0.2, -0.15) is 0 Å². The van der Waals surface area contributed by atoms with Crippen molar-refractivity contribution < 1.29 is 9.18 Å². The number of para-hydroxylation sites is 1. The Bertz CT molecular complexity index is 1330. The Labute approximate surface area is 214 Å². The lowest BCUT2D eigenvalue weighted by atomic mass is 10.1. The fourth-order valence-corrected chi connectivity index (χ4v) is 5.43. The number of benzene rings is 3. The monoisotopic (exact) mass is 501 g/mol. The second kappa shape index (κ2) is 11.0. The minimum atomic E-state index is -0.227. The van der Waals surface area contributed by atoms with Gasteiger partial charge in [-0.15, -0.1) is 10.2 Å². The van der Waals surface area contributed by atoms with Gasteiger partial charge in [-0.1, -0.05) is 72.4 Å². The number of rotatable bonds is 7. The van der Waals surface area contributed by atoms with E-state index in [0.717, 1.165) is 16.5 Å². The minimum absolute atomic E-state index is 0.0151. The van der Waals surface area contributed by atoms with Gasteiger partial charge in [0.1, 0.15) is 11.6 Å². The quantitative estimate of drug-likeness (QED) is 0.333. The van der Waals surface area contributed by atoms with Crippen LogP contribution in [-0.4, -0.2) is 51.8 Å². The van der Waals surface area contributed by atoms with Gasteiger partial charge in [0.05, 0.1) is 12.2 Å². The molecule has 1 fully saturated rings. The molecule has 3 aromatic carbocycles. The van der Waals surface area contributed by atoms with Gasteiger partial charge in [0.25, 0.3) is 5.91 Å². The molecule has 0 radical (unpaired) electrons. The van der Waals surface area contributed by atoms with Crippen molar-refractivity contribution in [2.24, 2.45) is 0 Å². The summed E-state index contributed by atoms with van der Waals surface area (Å²) in [6.45, 7) is 4.97. The molecule has 4 aromatic rings.